The molecule has 2 rings (SSSR count). The normalized spacial score (nSPS) is 10.2. The van der Waals surface area contributed by atoms with E-state index in [0.29, 0.717) is 0 Å². The van der Waals surface area contributed by atoms with Crippen molar-refractivity contribution in [3.63, 3.8) is 0 Å². The zero-order valence-electron chi connectivity index (χ0n) is 8.77. The number of H-pyrrole nitrogens is 1. The molecule has 17 heavy (non-hydrogen) atoms. The van der Waals surface area contributed by atoms with E-state index < -0.39 is 11.7 Å². The number of carbonyl (C=O) groups is 1. The Bertz CT molecular complexity index is 526. The number of hydrogen-bond acceptors (Lipinski definition) is 3. The SMILES string of the molecule is O=C(NCc1ccn[nH]1)c1ccc(F)cc1O. The van der Waals surface area contributed by atoms with Gasteiger partial charge in [0.1, 0.15) is 11.6 Å². The van der Waals surface area contributed by atoms with Gasteiger partial charge in [0.15, 0.2) is 0 Å². The van der Waals surface area contributed by atoms with Gasteiger partial charge < -0.3 is 10.4 Å². The molecule has 0 bridgehead atoms. The average molecular weight is 235 g/mol. The fraction of sp³-hybridized carbons (Fsp3) is 0.0909. The molecule has 1 aromatic carbocycles. The van der Waals surface area contributed by atoms with E-state index in [-0.39, 0.29) is 17.9 Å². The molecular weight excluding hydrogens is 225 g/mol. The van der Waals surface area contributed by atoms with Crippen LogP contribution < -0.4 is 5.32 Å². The lowest BCUT2D eigenvalue weighted by Gasteiger charge is -2.05. The number of benzene rings is 1. The fourth-order valence-electron chi connectivity index (χ4n) is 1.35. The van der Waals surface area contributed by atoms with Crippen molar-refractivity contribution >= 4 is 5.91 Å². The molecule has 0 saturated carbocycles. The summed E-state index contributed by atoms with van der Waals surface area (Å²) in [5.74, 6) is -1.45. The minimum atomic E-state index is -0.590. The maximum Gasteiger partial charge on any atom is 0.255 e. The van der Waals surface area contributed by atoms with Gasteiger partial charge in [-0.05, 0) is 18.2 Å². The number of halogens is 1. The molecule has 6 heteroatoms. The van der Waals surface area contributed by atoms with E-state index >= 15 is 0 Å². The van der Waals surface area contributed by atoms with E-state index in [2.05, 4.69) is 15.5 Å². The van der Waals surface area contributed by atoms with E-state index in [1.165, 1.54) is 6.07 Å². The van der Waals surface area contributed by atoms with Crippen LogP contribution >= 0.6 is 0 Å². The minimum absolute atomic E-state index is 0.0333. The van der Waals surface area contributed by atoms with Crippen LogP contribution in [-0.2, 0) is 6.54 Å². The van der Waals surface area contributed by atoms with Gasteiger partial charge in [-0.15, -0.1) is 0 Å². The van der Waals surface area contributed by atoms with Crippen molar-refractivity contribution in [1.29, 1.82) is 0 Å². The van der Waals surface area contributed by atoms with Gasteiger partial charge in [0, 0.05) is 12.3 Å². The third kappa shape index (κ3) is 2.60. The Kier molecular flexibility index (Phi) is 3.04. The van der Waals surface area contributed by atoms with Gasteiger partial charge in [-0.3, -0.25) is 9.89 Å². The summed E-state index contributed by atoms with van der Waals surface area (Å²) >= 11 is 0. The second-order valence-corrected chi connectivity index (χ2v) is 3.43. The number of carbonyl (C=O) groups excluding carboxylic acids is 1. The van der Waals surface area contributed by atoms with Crippen molar-refractivity contribution in [2.45, 2.75) is 6.54 Å². The highest BCUT2D eigenvalue weighted by Crippen LogP contribution is 2.17. The first-order valence-corrected chi connectivity index (χ1v) is 4.92. The maximum atomic E-state index is 12.7. The van der Waals surface area contributed by atoms with Gasteiger partial charge in [0.25, 0.3) is 5.91 Å². The summed E-state index contributed by atoms with van der Waals surface area (Å²) in [6.07, 6.45) is 1.57. The first-order valence-electron chi connectivity index (χ1n) is 4.92. The third-order valence-electron chi connectivity index (χ3n) is 2.20. The number of amides is 1. The predicted molar refractivity (Wildman–Crippen MR) is 57.8 cm³/mol. The molecule has 1 heterocycles. The first kappa shape index (κ1) is 11.1. The molecule has 88 valence electrons. The quantitative estimate of drug-likeness (QED) is 0.747. The highest BCUT2D eigenvalue weighted by Gasteiger charge is 2.11. The fourth-order valence-corrected chi connectivity index (χ4v) is 1.35. The van der Waals surface area contributed by atoms with Crippen molar-refractivity contribution in [3.05, 3.63) is 47.5 Å². The Labute approximate surface area is 96.3 Å². The van der Waals surface area contributed by atoms with Crippen LogP contribution in [0.3, 0.4) is 0 Å². The molecule has 0 fully saturated rings. The molecule has 1 aromatic heterocycles. The largest absolute Gasteiger partial charge is 0.507 e. The molecule has 2 aromatic rings. The van der Waals surface area contributed by atoms with Crippen LogP contribution in [0.5, 0.6) is 5.75 Å². The molecule has 0 aliphatic carbocycles. The number of aromatic amines is 1. The molecule has 0 aliphatic rings. The van der Waals surface area contributed by atoms with Gasteiger partial charge in [-0.1, -0.05) is 0 Å². The average Bonchev–Trinajstić information content (AvgIpc) is 2.78. The Morgan fingerprint density at radius 1 is 1.47 bits per heavy atom. The number of hydrogen-bond donors (Lipinski definition) is 3. The lowest BCUT2D eigenvalue weighted by atomic mass is 10.2. The number of phenolic OH excluding ortho intramolecular Hbond substituents is 1. The number of phenols is 1. The van der Waals surface area contributed by atoms with Crippen molar-refractivity contribution in [1.82, 2.24) is 15.5 Å². The van der Waals surface area contributed by atoms with Crippen LogP contribution in [0.15, 0.2) is 30.5 Å². The Balaban J connectivity index is 2.04. The summed E-state index contributed by atoms with van der Waals surface area (Å²) < 4.78 is 12.7. The predicted octanol–water partition coefficient (Wildman–Crippen LogP) is 1.18. The van der Waals surface area contributed by atoms with Crippen LogP contribution in [0.2, 0.25) is 0 Å². The number of aromatic nitrogens is 2. The van der Waals surface area contributed by atoms with Crippen LogP contribution in [0.4, 0.5) is 4.39 Å². The van der Waals surface area contributed by atoms with Gasteiger partial charge >= 0.3 is 0 Å². The van der Waals surface area contributed by atoms with E-state index in [1.807, 2.05) is 0 Å². The standard InChI is InChI=1S/C11H10FN3O2/c12-7-1-2-9(10(16)5-7)11(17)13-6-8-3-4-14-15-8/h1-5,16H,6H2,(H,13,17)(H,14,15). The van der Waals surface area contributed by atoms with Gasteiger partial charge in [0.2, 0.25) is 0 Å². The van der Waals surface area contributed by atoms with Crippen LogP contribution in [0.1, 0.15) is 16.1 Å². The molecule has 0 radical (unpaired) electrons. The molecule has 1 amide bonds. The van der Waals surface area contributed by atoms with Crippen molar-refractivity contribution in [3.8, 4) is 5.75 Å². The van der Waals surface area contributed by atoms with Gasteiger partial charge in [-0.2, -0.15) is 5.10 Å². The molecule has 0 atom stereocenters. The maximum absolute atomic E-state index is 12.7. The summed E-state index contributed by atoms with van der Waals surface area (Å²) in [7, 11) is 0. The van der Waals surface area contributed by atoms with Gasteiger partial charge in [0.05, 0.1) is 17.8 Å². The minimum Gasteiger partial charge on any atom is -0.507 e. The van der Waals surface area contributed by atoms with Gasteiger partial charge in [-0.25, -0.2) is 4.39 Å². The summed E-state index contributed by atoms with van der Waals surface area (Å²) in [5.41, 5.74) is 0.769. The van der Waals surface area contributed by atoms with Crippen molar-refractivity contribution in [2.75, 3.05) is 0 Å². The first-order chi connectivity index (χ1) is 8.16. The lowest BCUT2D eigenvalue weighted by molar-refractivity contribution is 0.0947. The molecule has 0 saturated heterocycles. The van der Waals surface area contributed by atoms with Crippen LogP contribution in [0.25, 0.3) is 0 Å². The smallest absolute Gasteiger partial charge is 0.255 e. The van der Waals surface area contributed by atoms with Crippen molar-refractivity contribution in [2.24, 2.45) is 0 Å². The van der Waals surface area contributed by atoms with Crippen molar-refractivity contribution < 1.29 is 14.3 Å². The lowest BCUT2D eigenvalue weighted by Crippen LogP contribution is -2.23. The zero-order chi connectivity index (χ0) is 12.3. The molecule has 5 nitrogen and oxygen atoms in total. The van der Waals surface area contributed by atoms with E-state index in [9.17, 15) is 14.3 Å². The molecule has 3 N–H and O–H groups in total. The topological polar surface area (TPSA) is 78.0 Å². The molecule has 0 unspecified atom stereocenters. The number of rotatable bonds is 3. The Morgan fingerprint density at radius 2 is 2.29 bits per heavy atom. The summed E-state index contributed by atoms with van der Waals surface area (Å²) in [4.78, 5) is 11.6. The molecular formula is C11H10FN3O2. The Hall–Kier alpha value is -2.37. The van der Waals surface area contributed by atoms with Crippen LogP contribution in [0, 0.1) is 5.82 Å². The summed E-state index contributed by atoms with van der Waals surface area (Å²) in [5, 5.41) is 18.4. The number of nitrogens with one attached hydrogen (secondary N) is 2. The monoisotopic (exact) mass is 235 g/mol. The van der Waals surface area contributed by atoms with E-state index in [0.717, 1.165) is 17.8 Å². The molecule has 0 aliphatic heterocycles. The summed E-state index contributed by atoms with van der Waals surface area (Å²) in [6.45, 7) is 0.260. The van der Waals surface area contributed by atoms with E-state index in [4.69, 9.17) is 0 Å². The van der Waals surface area contributed by atoms with Crippen LogP contribution in [-0.4, -0.2) is 21.2 Å². The number of nitrogens with zero attached hydrogens (tertiary/aromatic N) is 1. The second-order valence-electron chi connectivity index (χ2n) is 3.43. The zero-order valence-corrected chi connectivity index (χ0v) is 8.77. The summed E-state index contributed by atoms with van der Waals surface area (Å²) in [6, 6.07) is 4.95. The Morgan fingerprint density at radius 3 is 2.94 bits per heavy atom. The third-order valence-corrected chi connectivity index (χ3v) is 2.20. The van der Waals surface area contributed by atoms with E-state index in [1.54, 1.807) is 12.3 Å². The highest BCUT2D eigenvalue weighted by atomic mass is 19.1. The number of aromatic hydroxyl groups is 1. The highest BCUT2D eigenvalue weighted by molar-refractivity contribution is 5.96. The molecule has 0 spiro atoms. The second kappa shape index (κ2) is 4.65.